The van der Waals surface area contributed by atoms with Gasteiger partial charge in [-0.25, -0.2) is 4.79 Å². The molecule has 0 aliphatic rings. The van der Waals surface area contributed by atoms with E-state index in [4.69, 9.17) is 0 Å². The lowest BCUT2D eigenvalue weighted by molar-refractivity contribution is 0.895. The Hall–Kier alpha value is -1.91. The third kappa shape index (κ3) is 2.08. The summed E-state index contributed by atoms with van der Waals surface area (Å²) in [5.41, 5.74) is 3.64. The molecule has 0 saturated heterocycles. The van der Waals surface area contributed by atoms with E-state index in [0.29, 0.717) is 11.6 Å². The molecule has 0 aromatic carbocycles. The van der Waals surface area contributed by atoms with Gasteiger partial charge in [0.05, 0.1) is 0 Å². The van der Waals surface area contributed by atoms with Gasteiger partial charge in [0.15, 0.2) is 0 Å². The van der Waals surface area contributed by atoms with Crippen molar-refractivity contribution in [2.24, 2.45) is 0 Å². The Bertz CT molecular complexity index is 645. The van der Waals surface area contributed by atoms with Crippen LogP contribution < -0.4 is 11.0 Å². The zero-order chi connectivity index (χ0) is 13.3. The van der Waals surface area contributed by atoms with Crippen LogP contribution in [-0.2, 0) is 0 Å². The molecule has 0 unspecified atom stereocenters. The molecule has 1 N–H and O–H groups in total. The second kappa shape index (κ2) is 4.76. The van der Waals surface area contributed by atoms with Crippen molar-refractivity contribution >= 4 is 11.6 Å². The van der Waals surface area contributed by atoms with Crippen molar-refractivity contribution in [3.63, 3.8) is 0 Å². The molecule has 0 spiro atoms. The van der Waals surface area contributed by atoms with Gasteiger partial charge in [-0.05, 0) is 43.9 Å². The third-order valence-electron chi connectivity index (χ3n) is 3.19. The number of hydrogen-bond donors (Lipinski definition) is 1. The molecule has 96 valence electrons. The minimum atomic E-state index is -0.287. The topological polar surface area (TPSA) is 59.3 Å². The molecule has 0 atom stereocenters. The van der Waals surface area contributed by atoms with Crippen LogP contribution >= 0.6 is 0 Å². The van der Waals surface area contributed by atoms with E-state index in [0.717, 1.165) is 29.7 Å². The molecule has 5 heteroatoms. The Balaban J connectivity index is 2.68. The normalized spacial score (nSPS) is 10.9. The van der Waals surface area contributed by atoms with Gasteiger partial charge in [0.25, 0.3) is 0 Å². The maximum absolute atomic E-state index is 12.0. The first-order valence-corrected chi connectivity index (χ1v) is 6.15. The third-order valence-corrected chi connectivity index (χ3v) is 3.19. The number of fused-ring (bicyclic) bond motifs is 1. The van der Waals surface area contributed by atoms with Crippen LogP contribution in [0.25, 0.3) is 5.65 Å². The molecule has 2 aromatic heterocycles. The van der Waals surface area contributed by atoms with Gasteiger partial charge in [0.2, 0.25) is 5.95 Å². The summed E-state index contributed by atoms with van der Waals surface area (Å²) < 4.78 is 1.51. The van der Waals surface area contributed by atoms with Crippen LogP contribution in [0.15, 0.2) is 11.0 Å². The van der Waals surface area contributed by atoms with E-state index in [9.17, 15) is 4.79 Å². The Morgan fingerprint density at radius 3 is 2.61 bits per heavy atom. The first kappa shape index (κ1) is 12.5. The molecule has 0 fully saturated rings. The highest BCUT2D eigenvalue weighted by Gasteiger charge is 2.09. The van der Waals surface area contributed by atoms with Gasteiger partial charge in [0.1, 0.15) is 5.65 Å². The Labute approximate surface area is 106 Å². The van der Waals surface area contributed by atoms with Crippen LogP contribution in [0.5, 0.6) is 0 Å². The highest BCUT2D eigenvalue weighted by molar-refractivity contribution is 5.54. The van der Waals surface area contributed by atoms with Crippen molar-refractivity contribution < 1.29 is 0 Å². The van der Waals surface area contributed by atoms with Crippen molar-refractivity contribution in [3.8, 4) is 0 Å². The summed E-state index contributed by atoms with van der Waals surface area (Å²) in [6.45, 7) is 8.82. The predicted octanol–water partition coefficient (Wildman–Crippen LogP) is 1.84. The second-order valence-corrected chi connectivity index (χ2v) is 4.51. The monoisotopic (exact) mass is 246 g/mol. The Morgan fingerprint density at radius 1 is 1.22 bits per heavy atom. The van der Waals surface area contributed by atoms with Gasteiger partial charge in [-0.15, -0.1) is 0 Å². The number of pyridine rings is 1. The minimum Gasteiger partial charge on any atom is -0.354 e. The van der Waals surface area contributed by atoms with Gasteiger partial charge >= 0.3 is 5.69 Å². The summed E-state index contributed by atoms with van der Waals surface area (Å²) in [4.78, 5) is 20.3. The number of hydrogen-bond acceptors (Lipinski definition) is 4. The van der Waals surface area contributed by atoms with Crippen LogP contribution in [0.3, 0.4) is 0 Å². The maximum Gasteiger partial charge on any atom is 0.356 e. The molecular formula is C13H18N4O. The van der Waals surface area contributed by atoms with Gasteiger partial charge in [-0.3, -0.25) is 4.40 Å². The minimum absolute atomic E-state index is 0.287. The summed E-state index contributed by atoms with van der Waals surface area (Å²) in [7, 11) is 0. The van der Waals surface area contributed by atoms with Crippen molar-refractivity contribution in [1.29, 1.82) is 0 Å². The fraction of sp³-hybridized carbons (Fsp3) is 0.462. The van der Waals surface area contributed by atoms with Crippen LogP contribution in [-0.4, -0.2) is 20.9 Å². The highest BCUT2D eigenvalue weighted by Crippen LogP contribution is 2.15. The summed E-state index contributed by atoms with van der Waals surface area (Å²) in [6.07, 6.45) is 2.76. The summed E-state index contributed by atoms with van der Waals surface area (Å²) in [5.74, 6) is 0.410. The summed E-state index contributed by atoms with van der Waals surface area (Å²) in [5, 5.41) is 3.05. The standard InChI is InChI=1S/C13H18N4O/c1-5-6-14-12-15-11-10(4)9(3)8(2)7-17(11)13(18)16-12/h7H,5-6H2,1-4H3,(H,14,16,18). The summed E-state index contributed by atoms with van der Waals surface area (Å²) in [6, 6.07) is 0. The van der Waals surface area contributed by atoms with Gasteiger partial charge in [0, 0.05) is 12.7 Å². The lowest BCUT2D eigenvalue weighted by Gasteiger charge is -2.10. The summed E-state index contributed by atoms with van der Waals surface area (Å²) >= 11 is 0. The van der Waals surface area contributed by atoms with E-state index < -0.39 is 0 Å². The predicted molar refractivity (Wildman–Crippen MR) is 72.2 cm³/mol. The van der Waals surface area contributed by atoms with E-state index in [1.165, 1.54) is 4.40 Å². The average molecular weight is 246 g/mol. The molecule has 18 heavy (non-hydrogen) atoms. The Kier molecular flexibility index (Phi) is 3.32. The molecule has 2 heterocycles. The van der Waals surface area contributed by atoms with Crippen LogP contribution in [0.4, 0.5) is 5.95 Å². The van der Waals surface area contributed by atoms with Crippen LogP contribution in [0, 0.1) is 20.8 Å². The number of rotatable bonds is 3. The average Bonchev–Trinajstić information content (AvgIpc) is 2.35. The Morgan fingerprint density at radius 2 is 1.94 bits per heavy atom. The largest absolute Gasteiger partial charge is 0.356 e. The molecule has 0 aliphatic heterocycles. The number of aromatic nitrogens is 3. The van der Waals surface area contributed by atoms with Gasteiger partial charge in [-0.1, -0.05) is 6.92 Å². The van der Waals surface area contributed by atoms with Crippen molar-refractivity contribution in [3.05, 3.63) is 33.4 Å². The zero-order valence-corrected chi connectivity index (χ0v) is 11.2. The molecule has 0 bridgehead atoms. The lowest BCUT2D eigenvalue weighted by atomic mass is 10.1. The molecule has 0 saturated carbocycles. The SMILES string of the molecule is CCCNc1nc(=O)n2cc(C)c(C)c(C)c2n1. The van der Waals surface area contributed by atoms with E-state index >= 15 is 0 Å². The molecule has 0 radical (unpaired) electrons. The maximum atomic E-state index is 12.0. The molecule has 2 rings (SSSR count). The van der Waals surface area contributed by atoms with Crippen molar-refractivity contribution in [2.45, 2.75) is 34.1 Å². The molecule has 2 aromatic rings. The van der Waals surface area contributed by atoms with Crippen molar-refractivity contribution in [2.75, 3.05) is 11.9 Å². The molecule has 0 aliphatic carbocycles. The van der Waals surface area contributed by atoms with Crippen LogP contribution in [0.2, 0.25) is 0 Å². The first-order valence-electron chi connectivity index (χ1n) is 6.15. The van der Waals surface area contributed by atoms with E-state index in [1.807, 2.05) is 20.8 Å². The first-order chi connectivity index (χ1) is 8.54. The van der Waals surface area contributed by atoms with E-state index in [-0.39, 0.29) is 5.69 Å². The number of aryl methyl sites for hydroxylation is 2. The number of nitrogens with zero attached hydrogens (tertiary/aromatic N) is 3. The van der Waals surface area contributed by atoms with Crippen molar-refractivity contribution in [1.82, 2.24) is 14.4 Å². The van der Waals surface area contributed by atoms with E-state index in [1.54, 1.807) is 6.20 Å². The zero-order valence-electron chi connectivity index (χ0n) is 11.2. The van der Waals surface area contributed by atoms with Gasteiger partial charge in [-0.2, -0.15) is 9.97 Å². The fourth-order valence-corrected chi connectivity index (χ4v) is 1.86. The van der Waals surface area contributed by atoms with Crippen LogP contribution in [0.1, 0.15) is 30.0 Å². The lowest BCUT2D eigenvalue weighted by Crippen LogP contribution is -2.22. The molecular weight excluding hydrogens is 228 g/mol. The van der Waals surface area contributed by atoms with Gasteiger partial charge < -0.3 is 5.32 Å². The molecule has 0 amide bonds. The number of nitrogens with one attached hydrogen (secondary N) is 1. The quantitative estimate of drug-likeness (QED) is 0.897. The molecule has 5 nitrogen and oxygen atoms in total. The van der Waals surface area contributed by atoms with E-state index in [2.05, 4.69) is 22.2 Å². The highest BCUT2D eigenvalue weighted by atomic mass is 16.1. The number of anilines is 1. The smallest absolute Gasteiger partial charge is 0.354 e. The second-order valence-electron chi connectivity index (χ2n) is 4.51. The fourth-order valence-electron chi connectivity index (χ4n) is 1.86.